The van der Waals surface area contributed by atoms with Crippen molar-refractivity contribution in [3.63, 3.8) is 0 Å². The zero-order chi connectivity index (χ0) is 16.7. The summed E-state index contributed by atoms with van der Waals surface area (Å²) in [5, 5.41) is 14.6. The van der Waals surface area contributed by atoms with Crippen molar-refractivity contribution < 1.29 is 60.0 Å². The van der Waals surface area contributed by atoms with Crippen molar-refractivity contribution in [2.45, 2.75) is 17.9 Å². The summed E-state index contributed by atoms with van der Waals surface area (Å²) in [4.78, 5) is 0. The van der Waals surface area contributed by atoms with Crippen molar-refractivity contribution in [2.24, 2.45) is 10.3 Å². The first-order valence-electron chi connectivity index (χ1n) is 3.40. The van der Waals surface area contributed by atoms with Crippen LogP contribution in [-0.2, 0) is 36.8 Å². The average molecular weight is 398 g/mol. The Kier molecular flexibility index (Phi) is 13.0. The van der Waals surface area contributed by atoms with Gasteiger partial charge < -0.3 is 0 Å². The van der Waals surface area contributed by atoms with E-state index in [9.17, 15) is 43.2 Å². The molecule has 0 aromatic heterocycles. The quantitative estimate of drug-likeness (QED) is 0.557. The van der Waals surface area contributed by atoms with Gasteiger partial charge in [0.25, 0.3) is 0 Å². The molecule has 0 atom stereocenters. The standard InChI is InChI=1S/C2H3N.2CH2F3NO2S.Co/c1-2-3;2*2-1(3,4)8(5,6)7;/h1H3;2*(H2,5,6,7);. The summed E-state index contributed by atoms with van der Waals surface area (Å²) in [5.41, 5.74) is -10.6. The van der Waals surface area contributed by atoms with E-state index in [4.69, 9.17) is 5.26 Å². The third kappa shape index (κ3) is 15.5. The van der Waals surface area contributed by atoms with Crippen LogP contribution in [0.15, 0.2) is 0 Å². The molecule has 4 N–H and O–H groups in total. The number of halogens is 6. The maximum Gasteiger partial charge on any atom is 0.511 e. The van der Waals surface area contributed by atoms with E-state index in [-0.39, 0.29) is 16.8 Å². The van der Waals surface area contributed by atoms with E-state index in [1.54, 1.807) is 6.07 Å². The van der Waals surface area contributed by atoms with E-state index in [0.717, 1.165) is 0 Å². The zero-order valence-corrected chi connectivity index (χ0v) is 11.8. The Morgan fingerprint density at radius 3 is 0.900 bits per heavy atom. The van der Waals surface area contributed by atoms with Crippen molar-refractivity contribution in [3.8, 4) is 6.07 Å². The van der Waals surface area contributed by atoms with Crippen molar-refractivity contribution in [3.05, 3.63) is 0 Å². The van der Waals surface area contributed by atoms with Gasteiger partial charge in [0, 0.05) is 23.7 Å². The molecule has 0 saturated heterocycles. The summed E-state index contributed by atoms with van der Waals surface area (Å²) in [6.45, 7) is 1.43. The Morgan fingerprint density at radius 1 is 0.850 bits per heavy atom. The fourth-order valence-corrected chi connectivity index (χ4v) is 0. The van der Waals surface area contributed by atoms with E-state index in [2.05, 4.69) is 10.3 Å². The Morgan fingerprint density at radius 2 is 0.900 bits per heavy atom. The van der Waals surface area contributed by atoms with E-state index >= 15 is 0 Å². The molecule has 0 unspecified atom stereocenters. The van der Waals surface area contributed by atoms with E-state index < -0.39 is 31.1 Å². The van der Waals surface area contributed by atoms with E-state index in [1.165, 1.54) is 6.92 Å². The molecule has 0 spiro atoms. The topological polar surface area (TPSA) is 144 Å². The molecule has 7 nitrogen and oxygen atoms in total. The van der Waals surface area contributed by atoms with Gasteiger partial charge in [-0.2, -0.15) is 31.6 Å². The van der Waals surface area contributed by atoms with Gasteiger partial charge in [0.2, 0.25) is 0 Å². The maximum atomic E-state index is 10.8. The molecular weight excluding hydrogens is 391 g/mol. The van der Waals surface area contributed by atoms with Gasteiger partial charge in [-0.15, -0.1) is 0 Å². The fraction of sp³-hybridized carbons (Fsp3) is 0.750. The Hall–Kier alpha value is -0.604. The fourth-order valence-electron chi connectivity index (χ4n) is 0. The van der Waals surface area contributed by atoms with Gasteiger partial charge >= 0.3 is 31.1 Å². The second-order valence-electron chi connectivity index (χ2n) is 2.21. The third-order valence-electron chi connectivity index (χ3n) is 0.645. The molecule has 0 rings (SSSR count). The Balaban J connectivity index is -0.000000103. The summed E-state index contributed by atoms with van der Waals surface area (Å²) in [6.07, 6.45) is 0. The Bertz CT molecular complexity index is 462. The van der Waals surface area contributed by atoms with Crippen LogP contribution in [0.4, 0.5) is 26.3 Å². The molecular formula is C4H7CoF6N3O4S2. The molecule has 0 amide bonds. The van der Waals surface area contributed by atoms with Crippen LogP contribution in [0.2, 0.25) is 0 Å². The number of rotatable bonds is 0. The van der Waals surface area contributed by atoms with Crippen molar-refractivity contribution in [2.75, 3.05) is 0 Å². The second-order valence-corrected chi connectivity index (χ2v) is 5.31. The summed E-state index contributed by atoms with van der Waals surface area (Å²) in [5.74, 6) is 0. The summed E-state index contributed by atoms with van der Waals surface area (Å²) in [7, 11) is -10.7. The number of primary sulfonamides is 2. The molecule has 0 heterocycles. The minimum Gasteiger partial charge on any atom is -0.221 e. The van der Waals surface area contributed by atoms with Crippen molar-refractivity contribution in [1.29, 1.82) is 5.26 Å². The molecule has 0 aliphatic heterocycles. The normalized spacial score (nSPS) is 11.6. The molecule has 1 radical (unpaired) electrons. The summed E-state index contributed by atoms with van der Waals surface area (Å²) < 4.78 is 102. The van der Waals surface area contributed by atoms with Crippen LogP contribution < -0.4 is 10.3 Å². The van der Waals surface area contributed by atoms with Gasteiger partial charge in [0.05, 0.1) is 6.07 Å². The molecule has 0 aromatic rings. The van der Waals surface area contributed by atoms with Gasteiger partial charge in [0.1, 0.15) is 0 Å². The van der Waals surface area contributed by atoms with E-state index in [1.807, 2.05) is 0 Å². The van der Waals surface area contributed by atoms with Gasteiger partial charge in [0.15, 0.2) is 0 Å². The SMILES string of the molecule is CC#N.NS(=O)(=O)C(F)(F)F.NS(=O)(=O)C(F)(F)F.[Co]. The van der Waals surface area contributed by atoms with Gasteiger partial charge in [-0.05, 0) is 0 Å². The summed E-state index contributed by atoms with van der Waals surface area (Å²) in [6, 6.07) is 1.75. The van der Waals surface area contributed by atoms with Crippen LogP contribution in [0.1, 0.15) is 6.92 Å². The third-order valence-corrected chi connectivity index (χ3v) is 1.94. The first kappa shape index (κ1) is 27.7. The molecule has 0 saturated carbocycles. The molecule has 16 heteroatoms. The van der Waals surface area contributed by atoms with Crippen LogP contribution in [-0.4, -0.2) is 27.9 Å². The van der Waals surface area contributed by atoms with E-state index in [0.29, 0.717) is 0 Å². The first-order valence-corrected chi connectivity index (χ1v) is 6.50. The predicted molar refractivity (Wildman–Crippen MR) is 49.6 cm³/mol. The minimum atomic E-state index is -5.34. The molecule has 0 fully saturated rings. The molecule has 20 heavy (non-hydrogen) atoms. The number of alkyl halides is 6. The van der Waals surface area contributed by atoms with Crippen LogP contribution in [0, 0.1) is 11.3 Å². The average Bonchev–Trinajstić information content (AvgIpc) is 1.97. The first-order chi connectivity index (χ1) is 7.91. The molecule has 0 aliphatic rings. The monoisotopic (exact) mass is 398 g/mol. The number of nitriles is 1. The number of nitrogens with zero attached hydrogens (tertiary/aromatic N) is 1. The smallest absolute Gasteiger partial charge is 0.221 e. The Labute approximate surface area is 120 Å². The second kappa shape index (κ2) is 9.35. The molecule has 0 bridgehead atoms. The molecule has 125 valence electrons. The zero-order valence-electron chi connectivity index (χ0n) is 9.15. The van der Waals surface area contributed by atoms with Crippen LogP contribution in [0.5, 0.6) is 0 Å². The largest absolute Gasteiger partial charge is 0.511 e. The minimum absolute atomic E-state index is 0. The molecule has 0 aliphatic carbocycles. The molecule has 0 aromatic carbocycles. The number of sulfonamides is 2. The summed E-state index contributed by atoms with van der Waals surface area (Å²) >= 11 is 0. The van der Waals surface area contributed by atoms with Gasteiger partial charge in [-0.3, -0.25) is 0 Å². The van der Waals surface area contributed by atoms with Gasteiger partial charge in [-0.1, -0.05) is 0 Å². The van der Waals surface area contributed by atoms with Crippen molar-refractivity contribution >= 4 is 20.0 Å². The maximum absolute atomic E-state index is 10.8. The predicted octanol–water partition coefficient (Wildman–Crippen LogP) is 0.117. The van der Waals surface area contributed by atoms with Crippen molar-refractivity contribution in [1.82, 2.24) is 0 Å². The van der Waals surface area contributed by atoms with Crippen LogP contribution in [0.25, 0.3) is 0 Å². The van der Waals surface area contributed by atoms with Crippen LogP contribution in [0.3, 0.4) is 0 Å². The number of hydrogen-bond acceptors (Lipinski definition) is 5. The van der Waals surface area contributed by atoms with Gasteiger partial charge in [-0.25, -0.2) is 27.1 Å². The van der Waals surface area contributed by atoms with Crippen LogP contribution >= 0.6 is 0 Å². The number of nitrogens with two attached hydrogens (primary N) is 2. The number of hydrogen-bond donors (Lipinski definition) is 2.